The number of anilines is 1. The van der Waals surface area contributed by atoms with Gasteiger partial charge in [0.1, 0.15) is 5.82 Å². The molecule has 0 aliphatic carbocycles. The third-order valence-corrected chi connectivity index (χ3v) is 3.09. The summed E-state index contributed by atoms with van der Waals surface area (Å²) in [6.45, 7) is 10.6. The number of benzene rings is 1. The molecule has 0 radical (unpaired) electrons. The van der Waals surface area contributed by atoms with Crippen molar-refractivity contribution in [1.82, 2.24) is 5.32 Å². The monoisotopic (exact) mass is 295 g/mol. The number of hydrogen-bond acceptors (Lipinski definition) is 3. The Kier molecular flexibility index (Phi) is 5.72. The van der Waals surface area contributed by atoms with Gasteiger partial charge in [0.15, 0.2) is 0 Å². The predicted octanol–water partition coefficient (Wildman–Crippen LogP) is 2.41. The summed E-state index contributed by atoms with van der Waals surface area (Å²) in [7, 11) is 0. The molecule has 0 heterocycles. The quantitative estimate of drug-likeness (QED) is 0.847. The summed E-state index contributed by atoms with van der Waals surface area (Å²) in [4.78, 5) is 12.8. The molecule has 0 bridgehead atoms. The molecule has 5 heteroatoms. The highest BCUT2D eigenvalue weighted by Gasteiger charge is 2.17. The second kappa shape index (κ2) is 6.89. The van der Waals surface area contributed by atoms with Gasteiger partial charge in [-0.2, -0.15) is 0 Å². The van der Waals surface area contributed by atoms with Crippen molar-refractivity contribution in [3.05, 3.63) is 29.6 Å². The van der Waals surface area contributed by atoms with Crippen LogP contribution in [-0.4, -0.2) is 24.0 Å². The summed E-state index contributed by atoms with van der Waals surface area (Å²) in [5.74, 6) is -0.806. The first-order valence-corrected chi connectivity index (χ1v) is 7.18. The lowest BCUT2D eigenvalue weighted by molar-refractivity contribution is -0.116. The Hall–Kier alpha value is -1.62. The number of hydrogen-bond donors (Lipinski definition) is 2. The van der Waals surface area contributed by atoms with Gasteiger partial charge in [0.25, 0.3) is 0 Å². The highest BCUT2D eigenvalue weighted by atomic mass is 19.1. The van der Waals surface area contributed by atoms with Crippen LogP contribution in [0.25, 0.3) is 0 Å². The number of nitrogens with zero attached hydrogens (tertiary/aromatic N) is 1. The van der Waals surface area contributed by atoms with Crippen molar-refractivity contribution in [3.63, 3.8) is 0 Å². The lowest BCUT2D eigenvalue weighted by Crippen LogP contribution is -2.39. The zero-order valence-corrected chi connectivity index (χ0v) is 13.5. The van der Waals surface area contributed by atoms with Crippen molar-refractivity contribution in [3.8, 4) is 0 Å². The van der Waals surface area contributed by atoms with Crippen molar-refractivity contribution in [2.75, 3.05) is 11.4 Å². The molecule has 3 N–H and O–H groups in total. The molecule has 1 aromatic rings. The van der Waals surface area contributed by atoms with Gasteiger partial charge in [0.05, 0.1) is 12.2 Å². The Morgan fingerprint density at radius 3 is 2.43 bits per heavy atom. The van der Waals surface area contributed by atoms with Gasteiger partial charge in [-0.25, -0.2) is 4.39 Å². The SMILES string of the molecule is CC(C)N(CC(N)=O)c1ccc(CNC(C)(C)C)cc1F. The Balaban J connectivity index is 2.92. The number of nitrogens with one attached hydrogen (secondary N) is 1. The van der Waals surface area contributed by atoms with E-state index in [9.17, 15) is 9.18 Å². The number of rotatable bonds is 6. The molecule has 1 aromatic carbocycles. The van der Waals surface area contributed by atoms with Crippen LogP contribution in [0.4, 0.5) is 10.1 Å². The normalized spacial score (nSPS) is 11.8. The van der Waals surface area contributed by atoms with Crippen LogP contribution in [0.1, 0.15) is 40.2 Å². The molecule has 0 unspecified atom stereocenters. The fraction of sp³-hybridized carbons (Fsp3) is 0.562. The molecular formula is C16H26FN3O. The van der Waals surface area contributed by atoms with Crippen LogP contribution in [0, 0.1) is 5.82 Å². The average molecular weight is 295 g/mol. The number of amides is 1. The van der Waals surface area contributed by atoms with Gasteiger partial charge in [-0.15, -0.1) is 0 Å². The first-order valence-electron chi connectivity index (χ1n) is 7.18. The molecule has 1 rings (SSSR count). The van der Waals surface area contributed by atoms with Crippen molar-refractivity contribution < 1.29 is 9.18 Å². The fourth-order valence-corrected chi connectivity index (χ4v) is 1.97. The maximum atomic E-state index is 14.3. The van der Waals surface area contributed by atoms with E-state index < -0.39 is 5.91 Å². The molecule has 0 saturated heterocycles. The first-order chi connectivity index (χ1) is 9.60. The Morgan fingerprint density at radius 1 is 1.38 bits per heavy atom. The van der Waals surface area contributed by atoms with Crippen LogP contribution < -0.4 is 16.0 Å². The number of halogens is 1. The zero-order chi connectivity index (χ0) is 16.2. The molecule has 0 spiro atoms. The number of primary amides is 1. The second-order valence-corrected chi connectivity index (χ2v) is 6.58. The van der Waals surface area contributed by atoms with Crippen LogP contribution >= 0.6 is 0 Å². The molecule has 0 aromatic heterocycles. The number of nitrogens with two attached hydrogens (primary N) is 1. The summed E-state index contributed by atoms with van der Waals surface area (Å²) in [6.07, 6.45) is 0. The number of carbonyl (C=O) groups is 1. The van der Waals surface area contributed by atoms with Crippen LogP contribution in [0.3, 0.4) is 0 Å². The molecule has 0 aliphatic heterocycles. The minimum atomic E-state index is -0.471. The Labute approximate surface area is 126 Å². The van der Waals surface area contributed by atoms with Crippen LogP contribution in [0.2, 0.25) is 0 Å². The smallest absolute Gasteiger partial charge is 0.236 e. The third-order valence-electron chi connectivity index (χ3n) is 3.09. The van der Waals surface area contributed by atoms with E-state index in [1.54, 1.807) is 11.0 Å². The van der Waals surface area contributed by atoms with Gasteiger partial charge in [-0.3, -0.25) is 4.79 Å². The number of carbonyl (C=O) groups excluding carboxylic acids is 1. The maximum Gasteiger partial charge on any atom is 0.236 e. The summed E-state index contributed by atoms with van der Waals surface area (Å²) in [5.41, 5.74) is 6.48. The van der Waals surface area contributed by atoms with E-state index in [0.717, 1.165) is 5.56 Å². The minimum absolute atomic E-state index is 0.00811. The van der Waals surface area contributed by atoms with Gasteiger partial charge in [-0.05, 0) is 52.3 Å². The molecule has 1 amide bonds. The topological polar surface area (TPSA) is 58.4 Å². The van der Waals surface area contributed by atoms with Crippen molar-refractivity contribution in [1.29, 1.82) is 0 Å². The lowest BCUT2D eigenvalue weighted by Gasteiger charge is -2.28. The molecule has 0 atom stereocenters. The highest BCUT2D eigenvalue weighted by molar-refractivity contribution is 5.79. The van der Waals surface area contributed by atoms with Gasteiger partial charge >= 0.3 is 0 Å². The molecule has 4 nitrogen and oxygen atoms in total. The molecule has 0 aliphatic rings. The van der Waals surface area contributed by atoms with Crippen molar-refractivity contribution in [2.24, 2.45) is 5.73 Å². The molecule has 118 valence electrons. The van der Waals surface area contributed by atoms with E-state index in [1.165, 1.54) is 6.07 Å². The third kappa shape index (κ3) is 5.71. The predicted molar refractivity (Wildman–Crippen MR) is 84.7 cm³/mol. The van der Waals surface area contributed by atoms with Crippen LogP contribution in [0.5, 0.6) is 0 Å². The summed E-state index contributed by atoms with van der Waals surface area (Å²) in [6, 6.07) is 5.07. The van der Waals surface area contributed by atoms with Gasteiger partial charge in [-0.1, -0.05) is 6.07 Å². The maximum absolute atomic E-state index is 14.3. The average Bonchev–Trinajstić information content (AvgIpc) is 2.33. The lowest BCUT2D eigenvalue weighted by atomic mass is 10.1. The van der Waals surface area contributed by atoms with E-state index in [1.807, 2.05) is 19.9 Å². The van der Waals surface area contributed by atoms with Gasteiger partial charge in [0.2, 0.25) is 5.91 Å². The zero-order valence-electron chi connectivity index (χ0n) is 13.5. The van der Waals surface area contributed by atoms with E-state index in [-0.39, 0.29) is 23.9 Å². The van der Waals surface area contributed by atoms with Gasteiger partial charge in [0, 0.05) is 18.1 Å². The summed E-state index contributed by atoms with van der Waals surface area (Å²) < 4.78 is 14.3. The van der Waals surface area contributed by atoms with Crippen LogP contribution in [-0.2, 0) is 11.3 Å². The van der Waals surface area contributed by atoms with E-state index in [4.69, 9.17) is 5.73 Å². The Morgan fingerprint density at radius 2 is 2.00 bits per heavy atom. The summed E-state index contributed by atoms with van der Waals surface area (Å²) in [5, 5.41) is 3.31. The fourth-order valence-electron chi connectivity index (χ4n) is 1.97. The standard InChI is InChI=1S/C16H26FN3O/c1-11(2)20(10-15(18)21)14-7-6-12(8-13(14)17)9-19-16(3,4)5/h6-8,11,19H,9-10H2,1-5H3,(H2,18,21). The highest BCUT2D eigenvalue weighted by Crippen LogP contribution is 2.22. The molecule has 21 heavy (non-hydrogen) atoms. The van der Waals surface area contributed by atoms with E-state index in [0.29, 0.717) is 12.2 Å². The molecule has 0 fully saturated rings. The molecular weight excluding hydrogens is 269 g/mol. The Bertz CT molecular complexity index is 495. The van der Waals surface area contributed by atoms with Crippen molar-refractivity contribution >= 4 is 11.6 Å². The summed E-state index contributed by atoms with van der Waals surface area (Å²) >= 11 is 0. The van der Waals surface area contributed by atoms with E-state index >= 15 is 0 Å². The van der Waals surface area contributed by atoms with Crippen LogP contribution in [0.15, 0.2) is 18.2 Å². The van der Waals surface area contributed by atoms with Crippen molar-refractivity contribution in [2.45, 2.75) is 52.7 Å². The van der Waals surface area contributed by atoms with E-state index in [2.05, 4.69) is 26.1 Å². The molecule has 0 saturated carbocycles. The first kappa shape index (κ1) is 17.4. The second-order valence-electron chi connectivity index (χ2n) is 6.58. The van der Waals surface area contributed by atoms with Gasteiger partial charge < -0.3 is 16.0 Å². The minimum Gasteiger partial charge on any atom is -0.368 e. The largest absolute Gasteiger partial charge is 0.368 e.